The molecule has 2 rings (SSSR count). The van der Waals surface area contributed by atoms with Crippen LogP contribution in [0.25, 0.3) is 0 Å². The molecule has 2 aromatic rings. The van der Waals surface area contributed by atoms with Crippen molar-refractivity contribution in [1.29, 1.82) is 0 Å². The molecule has 2 aromatic carbocycles. The highest BCUT2D eigenvalue weighted by molar-refractivity contribution is 7.92. The summed E-state index contributed by atoms with van der Waals surface area (Å²) in [4.78, 5) is 11.8. The zero-order valence-corrected chi connectivity index (χ0v) is 15.0. The van der Waals surface area contributed by atoms with E-state index < -0.39 is 10.0 Å². The van der Waals surface area contributed by atoms with E-state index in [2.05, 4.69) is 10.0 Å². The third-order valence-electron chi connectivity index (χ3n) is 3.06. The Hall–Kier alpha value is -2.57. The number of nitrogens with one attached hydrogen (secondary N) is 2. The van der Waals surface area contributed by atoms with Crippen LogP contribution in [0, 0.1) is 0 Å². The third kappa shape index (κ3) is 5.77. The Balaban J connectivity index is 2.16. The van der Waals surface area contributed by atoms with Crippen LogP contribution < -0.4 is 10.0 Å². The first kappa shape index (κ1) is 18.8. The van der Waals surface area contributed by atoms with Gasteiger partial charge in [0.05, 0.1) is 4.90 Å². The van der Waals surface area contributed by atoms with Crippen molar-refractivity contribution in [2.45, 2.75) is 11.8 Å². The number of anilines is 2. The average molecular weight is 377 g/mol. The highest BCUT2D eigenvalue weighted by Gasteiger charge is 2.15. The highest BCUT2D eigenvalue weighted by Crippen LogP contribution is 2.20. The molecule has 25 heavy (non-hydrogen) atoms. The fraction of sp³-hybridized carbons (Fsp3) is 0.0556. The summed E-state index contributed by atoms with van der Waals surface area (Å²) in [6.07, 6.45) is 6.46. The fourth-order valence-corrected chi connectivity index (χ4v) is 3.14. The van der Waals surface area contributed by atoms with Gasteiger partial charge < -0.3 is 5.32 Å². The lowest BCUT2D eigenvalue weighted by atomic mass is 10.3. The SMILES string of the molecule is C/C=C/C=C/C(=O)Nc1cccc(S(=O)(=O)Nc2ccc(Cl)cc2)c1. The molecule has 1 amide bonds. The molecule has 0 heterocycles. The average Bonchev–Trinajstić information content (AvgIpc) is 2.57. The molecular formula is C18H17ClN2O3S. The van der Waals surface area contributed by atoms with Crippen LogP contribution in [0.3, 0.4) is 0 Å². The normalized spacial score (nSPS) is 11.8. The summed E-state index contributed by atoms with van der Waals surface area (Å²) in [5.74, 6) is -0.349. The lowest BCUT2D eigenvalue weighted by Gasteiger charge is -2.10. The van der Waals surface area contributed by atoms with Crippen LogP contribution in [0.5, 0.6) is 0 Å². The van der Waals surface area contributed by atoms with Gasteiger partial charge >= 0.3 is 0 Å². The van der Waals surface area contributed by atoms with Crippen molar-refractivity contribution < 1.29 is 13.2 Å². The Labute approximate surface area is 152 Å². The van der Waals surface area contributed by atoms with Gasteiger partial charge in [-0.1, -0.05) is 35.9 Å². The van der Waals surface area contributed by atoms with Crippen molar-refractivity contribution >= 4 is 38.9 Å². The van der Waals surface area contributed by atoms with E-state index in [1.165, 1.54) is 18.2 Å². The van der Waals surface area contributed by atoms with Crippen LogP contribution >= 0.6 is 11.6 Å². The summed E-state index contributed by atoms with van der Waals surface area (Å²) in [5.41, 5.74) is 0.780. The summed E-state index contributed by atoms with van der Waals surface area (Å²) in [6.45, 7) is 1.84. The number of hydrogen-bond donors (Lipinski definition) is 2. The molecule has 0 atom stereocenters. The number of halogens is 1. The van der Waals surface area contributed by atoms with Crippen molar-refractivity contribution in [2.24, 2.45) is 0 Å². The van der Waals surface area contributed by atoms with Gasteiger partial charge in [0.2, 0.25) is 5.91 Å². The first-order valence-corrected chi connectivity index (χ1v) is 9.25. The number of rotatable bonds is 6. The zero-order chi connectivity index (χ0) is 18.3. The molecule has 0 spiro atoms. The fourth-order valence-electron chi connectivity index (χ4n) is 1.91. The second-order valence-corrected chi connectivity index (χ2v) is 7.13. The minimum Gasteiger partial charge on any atom is -0.322 e. The molecule has 0 unspecified atom stereocenters. The predicted octanol–water partition coefficient (Wildman–Crippen LogP) is 4.21. The maximum Gasteiger partial charge on any atom is 0.261 e. The number of hydrogen-bond acceptors (Lipinski definition) is 3. The van der Waals surface area contributed by atoms with Crippen molar-refractivity contribution in [3.05, 3.63) is 77.9 Å². The van der Waals surface area contributed by atoms with E-state index in [-0.39, 0.29) is 10.8 Å². The largest absolute Gasteiger partial charge is 0.322 e. The summed E-state index contributed by atoms with van der Waals surface area (Å²) >= 11 is 5.79. The highest BCUT2D eigenvalue weighted by atomic mass is 35.5. The van der Waals surface area contributed by atoms with Crippen LogP contribution in [-0.4, -0.2) is 14.3 Å². The molecule has 2 N–H and O–H groups in total. The number of benzene rings is 2. The van der Waals surface area contributed by atoms with E-state index >= 15 is 0 Å². The predicted molar refractivity (Wildman–Crippen MR) is 101 cm³/mol. The third-order valence-corrected chi connectivity index (χ3v) is 4.69. The maximum atomic E-state index is 12.5. The summed E-state index contributed by atoms with van der Waals surface area (Å²) in [7, 11) is -3.78. The van der Waals surface area contributed by atoms with E-state index in [4.69, 9.17) is 11.6 Å². The first-order valence-electron chi connectivity index (χ1n) is 7.39. The molecule has 130 valence electrons. The molecule has 0 fully saturated rings. The Morgan fingerprint density at radius 2 is 1.76 bits per heavy atom. The Bertz CT molecular complexity index is 904. The summed E-state index contributed by atoms with van der Waals surface area (Å²) in [6, 6.07) is 12.3. The van der Waals surface area contributed by atoms with E-state index in [0.717, 1.165) is 0 Å². The van der Waals surface area contributed by atoms with E-state index in [1.807, 2.05) is 6.92 Å². The lowest BCUT2D eigenvalue weighted by molar-refractivity contribution is -0.111. The van der Waals surface area contributed by atoms with Gasteiger partial charge in [-0.25, -0.2) is 8.42 Å². The van der Waals surface area contributed by atoms with Gasteiger partial charge in [0.15, 0.2) is 0 Å². The number of sulfonamides is 1. The van der Waals surface area contributed by atoms with Gasteiger partial charge in [0.1, 0.15) is 0 Å². The number of carbonyl (C=O) groups excluding carboxylic acids is 1. The van der Waals surface area contributed by atoms with Crippen LogP contribution in [0.1, 0.15) is 6.92 Å². The molecule has 7 heteroatoms. The zero-order valence-electron chi connectivity index (χ0n) is 13.4. The molecule has 0 aromatic heterocycles. The molecule has 0 saturated heterocycles. The molecule has 0 bridgehead atoms. The van der Waals surface area contributed by atoms with Gasteiger partial charge in [0.25, 0.3) is 10.0 Å². The van der Waals surface area contributed by atoms with E-state index in [0.29, 0.717) is 16.4 Å². The second-order valence-electron chi connectivity index (χ2n) is 5.01. The van der Waals surface area contributed by atoms with Crippen LogP contribution in [0.2, 0.25) is 5.02 Å². The standard InChI is InChI=1S/C18H17ClN2O3S/c1-2-3-4-8-18(22)20-16-6-5-7-17(13-16)25(23,24)21-15-11-9-14(19)10-12-15/h2-13,21H,1H3,(H,20,22)/b3-2+,8-4+. The monoisotopic (exact) mass is 376 g/mol. The number of amides is 1. The quantitative estimate of drug-likeness (QED) is 0.585. The maximum absolute atomic E-state index is 12.5. The molecule has 0 aliphatic carbocycles. The minimum absolute atomic E-state index is 0.0395. The van der Waals surface area contributed by atoms with Crippen molar-refractivity contribution in [3.63, 3.8) is 0 Å². The van der Waals surface area contributed by atoms with Crippen LogP contribution in [0.15, 0.2) is 77.7 Å². The number of allylic oxidation sites excluding steroid dienone is 3. The molecule has 0 aliphatic heterocycles. The minimum atomic E-state index is -3.78. The van der Waals surface area contributed by atoms with Gasteiger partial charge in [-0.3, -0.25) is 9.52 Å². The van der Waals surface area contributed by atoms with Crippen molar-refractivity contribution in [3.8, 4) is 0 Å². The lowest BCUT2D eigenvalue weighted by Crippen LogP contribution is -2.14. The molecule has 0 radical (unpaired) electrons. The topological polar surface area (TPSA) is 75.3 Å². The smallest absolute Gasteiger partial charge is 0.261 e. The molecule has 5 nitrogen and oxygen atoms in total. The Kier molecular flexibility index (Phi) is 6.38. The van der Waals surface area contributed by atoms with Crippen molar-refractivity contribution in [1.82, 2.24) is 0 Å². The van der Waals surface area contributed by atoms with E-state index in [9.17, 15) is 13.2 Å². The molecule has 0 saturated carbocycles. The Morgan fingerprint density at radius 3 is 2.44 bits per heavy atom. The van der Waals surface area contributed by atoms with Gasteiger partial charge in [0, 0.05) is 22.5 Å². The van der Waals surface area contributed by atoms with Crippen LogP contribution in [0.4, 0.5) is 11.4 Å². The van der Waals surface area contributed by atoms with Crippen LogP contribution in [-0.2, 0) is 14.8 Å². The molecule has 0 aliphatic rings. The van der Waals surface area contributed by atoms with Crippen molar-refractivity contribution in [2.75, 3.05) is 10.0 Å². The number of carbonyl (C=O) groups is 1. The summed E-state index contributed by atoms with van der Waals surface area (Å²) in [5, 5.41) is 3.13. The first-order chi connectivity index (χ1) is 11.9. The summed E-state index contributed by atoms with van der Waals surface area (Å²) < 4.78 is 27.4. The van der Waals surface area contributed by atoms with E-state index in [1.54, 1.807) is 54.6 Å². The Morgan fingerprint density at radius 1 is 1.04 bits per heavy atom. The van der Waals surface area contributed by atoms with Gasteiger partial charge in [-0.15, -0.1) is 0 Å². The molecular weight excluding hydrogens is 360 g/mol. The van der Waals surface area contributed by atoms with Gasteiger partial charge in [-0.05, 0) is 49.4 Å². The second kappa shape index (κ2) is 8.50. The van der Waals surface area contributed by atoms with Gasteiger partial charge in [-0.2, -0.15) is 0 Å².